The Morgan fingerprint density at radius 1 is 0.920 bits per heavy atom. The SMILES string of the molecule is O=C(c1cccc2c(Cl)cccc12)n1c(=S)[nH]c2ccccc2c1=O. The van der Waals surface area contributed by atoms with Crippen molar-refractivity contribution in [2.24, 2.45) is 0 Å². The second kappa shape index (κ2) is 5.95. The van der Waals surface area contributed by atoms with Gasteiger partial charge in [-0.25, -0.2) is 4.57 Å². The van der Waals surface area contributed by atoms with Crippen molar-refractivity contribution in [3.05, 3.63) is 86.4 Å². The minimum Gasteiger partial charge on any atom is -0.331 e. The van der Waals surface area contributed by atoms with Crippen molar-refractivity contribution in [2.75, 3.05) is 0 Å². The van der Waals surface area contributed by atoms with Crippen LogP contribution < -0.4 is 5.56 Å². The molecule has 0 spiro atoms. The average Bonchev–Trinajstić information content (AvgIpc) is 2.61. The van der Waals surface area contributed by atoms with Gasteiger partial charge in [0.15, 0.2) is 4.77 Å². The molecule has 0 aliphatic heterocycles. The first-order valence-corrected chi connectivity index (χ1v) is 8.32. The Hall–Kier alpha value is -2.76. The molecule has 25 heavy (non-hydrogen) atoms. The summed E-state index contributed by atoms with van der Waals surface area (Å²) >= 11 is 11.5. The van der Waals surface area contributed by atoms with E-state index >= 15 is 0 Å². The minimum absolute atomic E-state index is 0.0627. The van der Waals surface area contributed by atoms with E-state index in [1.807, 2.05) is 6.07 Å². The summed E-state index contributed by atoms with van der Waals surface area (Å²) in [4.78, 5) is 28.8. The molecule has 4 rings (SSSR count). The molecule has 4 aromatic rings. The molecule has 122 valence electrons. The molecule has 0 atom stereocenters. The molecule has 0 amide bonds. The van der Waals surface area contributed by atoms with Crippen LogP contribution in [-0.2, 0) is 0 Å². The van der Waals surface area contributed by atoms with Crippen LogP contribution in [0, 0.1) is 4.77 Å². The largest absolute Gasteiger partial charge is 0.331 e. The Morgan fingerprint density at radius 2 is 1.60 bits per heavy atom. The van der Waals surface area contributed by atoms with Crippen LogP contribution in [-0.4, -0.2) is 15.5 Å². The highest BCUT2D eigenvalue weighted by molar-refractivity contribution is 7.71. The number of hydrogen-bond donors (Lipinski definition) is 1. The van der Waals surface area contributed by atoms with E-state index < -0.39 is 11.5 Å². The molecule has 0 saturated carbocycles. The van der Waals surface area contributed by atoms with Gasteiger partial charge in [-0.05, 0) is 41.9 Å². The normalized spacial score (nSPS) is 11.1. The van der Waals surface area contributed by atoms with Crippen molar-refractivity contribution in [1.82, 2.24) is 9.55 Å². The lowest BCUT2D eigenvalue weighted by Crippen LogP contribution is -2.29. The van der Waals surface area contributed by atoms with Crippen LogP contribution in [0.15, 0.2) is 65.5 Å². The van der Waals surface area contributed by atoms with Crippen molar-refractivity contribution >= 4 is 51.4 Å². The first-order chi connectivity index (χ1) is 12.1. The van der Waals surface area contributed by atoms with E-state index in [0.29, 0.717) is 26.9 Å². The van der Waals surface area contributed by atoms with Crippen molar-refractivity contribution in [2.45, 2.75) is 0 Å². The van der Waals surface area contributed by atoms with E-state index in [9.17, 15) is 9.59 Å². The third-order valence-electron chi connectivity index (χ3n) is 4.11. The standard InChI is InChI=1S/C19H11ClN2O2S/c20-15-9-4-6-11-12(15)7-3-8-13(11)17(23)22-18(24)14-5-1-2-10-16(14)21-19(22)25/h1-10H,(H,21,25). The molecule has 6 heteroatoms. The summed E-state index contributed by atoms with van der Waals surface area (Å²) < 4.78 is 1.06. The van der Waals surface area contributed by atoms with Gasteiger partial charge in [-0.3, -0.25) is 9.59 Å². The van der Waals surface area contributed by atoms with Gasteiger partial charge >= 0.3 is 0 Å². The number of fused-ring (bicyclic) bond motifs is 2. The number of aromatic amines is 1. The molecule has 3 aromatic carbocycles. The predicted molar refractivity (Wildman–Crippen MR) is 102 cm³/mol. The van der Waals surface area contributed by atoms with Gasteiger partial charge in [-0.2, -0.15) is 0 Å². The summed E-state index contributed by atoms with van der Waals surface area (Å²) in [6.45, 7) is 0. The molecule has 0 aliphatic carbocycles. The first kappa shape index (κ1) is 15.7. The number of aromatic nitrogens is 2. The van der Waals surface area contributed by atoms with Gasteiger partial charge in [0.25, 0.3) is 11.5 Å². The Balaban J connectivity index is 2.03. The number of nitrogens with one attached hydrogen (secondary N) is 1. The van der Waals surface area contributed by atoms with E-state index in [-0.39, 0.29) is 4.77 Å². The minimum atomic E-state index is -0.482. The Labute approximate surface area is 152 Å². The Morgan fingerprint density at radius 3 is 2.44 bits per heavy atom. The fraction of sp³-hybridized carbons (Fsp3) is 0. The number of H-pyrrole nitrogens is 1. The topological polar surface area (TPSA) is 54.9 Å². The molecular formula is C19H11ClN2O2S. The van der Waals surface area contributed by atoms with Gasteiger partial charge in [0, 0.05) is 16.0 Å². The van der Waals surface area contributed by atoms with Crippen LogP contribution in [0.3, 0.4) is 0 Å². The zero-order valence-electron chi connectivity index (χ0n) is 12.8. The van der Waals surface area contributed by atoms with Crippen molar-refractivity contribution in [3.63, 3.8) is 0 Å². The van der Waals surface area contributed by atoms with E-state index in [4.69, 9.17) is 23.8 Å². The third kappa shape index (κ3) is 2.49. The molecule has 4 nitrogen and oxygen atoms in total. The first-order valence-electron chi connectivity index (χ1n) is 7.54. The molecule has 1 aromatic heterocycles. The number of para-hydroxylation sites is 1. The van der Waals surface area contributed by atoms with Gasteiger partial charge in [-0.15, -0.1) is 0 Å². The van der Waals surface area contributed by atoms with E-state index in [2.05, 4.69) is 4.98 Å². The van der Waals surface area contributed by atoms with Gasteiger partial charge in [0.05, 0.1) is 10.9 Å². The predicted octanol–water partition coefficient (Wildman–Crippen LogP) is 4.55. The number of carbonyl (C=O) groups excluding carboxylic acids is 1. The van der Waals surface area contributed by atoms with Gasteiger partial charge in [-0.1, -0.05) is 48.0 Å². The number of rotatable bonds is 1. The van der Waals surface area contributed by atoms with Crippen LogP contribution >= 0.6 is 23.8 Å². The fourth-order valence-electron chi connectivity index (χ4n) is 2.93. The maximum absolute atomic E-state index is 13.1. The summed E-state index contributed by atoms with van der Waals surface area (Å²) in [5.74, 6) is -0.482. The maximum atomic E-state index is 13.1. The Kier molecular flexibility index (Phi) is 3.75. The smallest absolute Gasteiger partial charge is 0.269 e. The van der Waals surface area contributed by atoms with Crippen LogP contribution in [0.5, 0.6) is 0 Å². The number of benzene rings is 3. The Bertz CT molecular complexity index is 1270. The van der Waals surface area contributed by atoms with Gasteiger partial charge in [0.2, 0.25) is 0 Å². The summed E-state index contributed by atoms with van der Waals surface area (Å²) in [7, 11) is 0. The molecule has 0 aliphatic rings. The van der Waals surface area contributed by atoms with E-state index in [1.54, 1.807) is 54.6 Å². The second-order valence-electron chi connectivity index (χ2n) is 5.56. The van der Waals surface area contributed by atoms with Crippen LogP contribution in [0.2, 0.25) is 5.02 Å². The molecule has 0 fully saturated rings. The van der Waals surface area contributed by atoms with Crippen molar-refractivity contribution in [3.8, 4) is 0 Å². The van der Waals surface area contributed by atoms with E-state index in [1.165, 1.54) is 0 Å². The third-order valence-corrected chi connectivity index (χ3v) is 4.72. The molecule has 0 unspecified atom stereocenters. The lowest BCUT2D eigenvalue weighted by atomic mass is 10.0. The quantitative estimate of drug-likeness (QED) is 0.503. The number of hydrogen-bond acceptors (Lipinski definition) is 3. The van der Waals surface area contributed by atoms with Crippen LogP contribution in [0.4, 0.5) is 0 Å². The second-order valence-corrected chi connectivity index (χ2v) is 6.36. The van der Waals surface area contributed by atoms with Gasteiger partial charge in [0.1, 0.15) is 0 Å². The number of carbonyl (C=O) groups is 1. The molecule has 0 saturated heterocycles. The highest BCUT2D eigenvalue weighted by Crippen LogP contribution is 2.26. The zero-order chi connectivity index (χ0) is 17.6. The lowest BCUT2D eigenvalue weighted by Gasteiger charge is -2.10. The van der Waals surface area contributed by atoms with Crippen LogP contribution in [0.1, 0.15) is 10.4 Å². The summed E-state index contributed by atoms with van der Waals surface area (Å²) in [6.07, 6.45) is 0. The molecule has 1 N–H and O–H groups in total. The average molecular weight is 367 g/mol. The van der Waals surface area contributed by atoms with Gasteiger partial charge < -0.3 is 4.98 Å². The summed E-state index contributed by atoms with van der Waals surface area (Å²) in [6, 6.07) is 17.5. The molecule has 1 heterocycles. The zero-order valence-corrected chi connectivity index (χ0v) is 14.4. The van der Waals surface area contributed by atoms with E-state index in [0.717, 1.165) is 9.95 Å². The van der Waals surface area contributed by atoms with Crippen molar-refractivity contribution in [1.29, 1.82) is 0 Å². The molecular weight excluding hydrogens is 356 g/mol. The molecule has 0 radical (unpaired) electrons. The summed E-state index contributed by atoms with van der Waals surface area (Å²) in [5, 5.41) is 2.37. The fourth-order valence-corrected chi connectivity index (χ4v) is 3.44. The van der Waals surface area contributed by atoms with Crippen molar-refractivity contribution < 1.29 is 4.79 Å². The molecule has 0 bridgehead atoms. The monoisotopic (exact) mass is 366 g/mol. The lowest BCUT2D eigenvalue weighted by molar-refractivity contribution is 0.0955. The highest BCUT2D eigenvalue weighted by atomic mass is 35.5. The number of nitrogens with zero attached hydrogens (tertiary/aromatic N) is 1. The van der Waals surface area contributed by atoms with Crippen LogP contribution in [0.25, 0.3) is 21.7 Å². The summed E-state index contributed by atoms with van der Waals surface area (Å²) in [5.41, 5.74) is 0.530. The number of halogens is 1. The highest BCUT2D eigenvalue weighted by Gasteiger charge is 2.17. The maximum Gasteiger partial charge on any atom is 0.269 e.